The molecule has 2 aliphatic heterocycles. The summed E-state index contributed by atoms with van der Waals surface area (Å²) in [5.41, 5.74) is 1.25. The zero-order valence-electron chi connectivity index (χ0n) is 17.8. The fraction of sp³-hybridized carbons (Fsp3) is 0.739. The Balaban J connectivity index is 1.36. The van der Waals surface area contributed by atoms with Gasteiger partial charge in [-0.2, -0.15) is 0 Å². The Labute approximate surface area is 179 Å². The van der Waals surface area contributed by atoms with E-state index in [9.17, 15) is 9.59 Å². The van der Waals surface area contributed by atoms with E-state index < -0.39 is 0 Å². The van der Waals surface area contributed by atoms with Crippen LogP contribution in [0.1, 0.15) is 65.6 Å². The largest absolute Gasteiger partial charge is 0.340 e. The smallest absolute Gasteiger partial charge is 0.263 e. The first-order valence-electron chi connectivity index (χ1n) is 11.6. The number of aryl methyl sites for hydroxylation is 1. The molecule has 1 aromatic heterocycles. The van der Waals surface area contributed by atoms with Crippen molar-refractivity contribution in [3.8, 4) is 0 Å². The summed E-state index contributed by atoms with van der Waals surface area (Å²) in [6.45, 7) is 8.88. The Morgan fingerprint density at radius 1 is 1.00 bits per heavy atom. The van der Waals surface area contributed by atoms with Gasteiger partial charge in [-0.05, 0) is 56.7 Å². The highest BCUT2D eigenvalue weighted by Gasteiger charge is 2.32. The van der Waals surface area contributed by atoms with Gasteiger partial charge in [0.25, 0.3) is 5.91 Å². The average Bonchev–Trinajstić information content (AvgIpc) is 2.98. The van der Waals surface area contributed by atoms with Crippen LogP contribution in [0, 0.1) is 5.92 Å². The number of nitrogens with zero attached hydrogens (tertiary/aromatic N) is 3. The van der Waals surface area contributed by atoms with E-state index in [1.165, 1.54) is 29.7 Å². The molecule has 1 aliphatic carbocycles. The van der Waals surface area contributed by atoms with Gasteiger partial charge in [0.05, 0.1) is 4.88 Å². The molecular formula is C23H35N3O2S. The Hall–Kier alpha value is -1.40. The second-order valence-electron chi connectivity index (χ2n) is 8.87. The molecule has 1 aromatic rings. The van der Waals surface area contributed by atoms with Gasteiger partial charge in [-0.3, -0.25) is 14.5 Å². The number of hydrogen-bond acceptors (Lipinski definition) is 4. The number of likely N-dealkylation sites (tertiary alicyclic amines) is 1. The molecule has 1 atom stereocenters. The third-order valence-corrected chi connectivity index (χ3v) is 7.99. The number of fused-ring (bicyclic) bond motifs is 1. The van der Waals surface area contributed by atoms with E-state index in [1.807, 2.05) is 4.90 Å². The summed E-state index contributed by atoms with van der Waals surface area (Å²) >= 11 is 1.68. The summed E-state index contributed by atoms with van der Waals surface area (Å²) in [7, 11) is 0. The van der Waals surface area contributed by atoms with Crippen molar-refractivity contribution < 1.29 is 9.59 Å². The van der Waals surface area contributed by atoms with E-state index in [0.717, 1.165) is 82.8 Å². The third kappa shape index (κ3) is 4.85. The molecule has 0 unspecified atom stereocenters. The molecule has 0 bridgehead atoms. The molecule has 0 saturated carbocycles. The molecule has 160 valence electrons. The average molecular weight is 418 g/mol. The first-order valence-corrected chi connectivity index (χ1v) is 12.4. The molecule has 2 amide bonds. The van der Waals surface area contributed by atoms with E-state index in [2.05, 4.69) is 22.8 Å². The summed E-state index contributed by atoms with van der Waals surface area (Å²) in [5, 5.41) is 0. The summed E-state index contributed by atoms with van der Waals surface area (Å²) in [6, 6.07) is 2.10. The minimum absolute atomic E-state index is 0.0935. The molecule has 0 aromatic carbocycles. The number of thiophene rings is 1. The van der Waals surface area contributed by atoms with Crippen LogP contribution < -0.4 is 0 Å². The van der Waals surface area contributed by atoms with Crippen molar-refractivity contribution in [1.29, 1.82) is 0 Å². The molecule has 0 radical (unpaired) electrons. The minimum Gasteiger partial charge on any atom is -0.340 e. The quantitative estimate of drug-likeness (QED) is 0.754. The molecule has 2 saturated heterocycles. The first-order chi connectivity index (χ1) is 14.2. The lowest BCUT2D eigenvalue weighted by Gasteiger charge is -2.37. The third-order valence-electron chi connectivity index (χ3n) is 6.76. The number of amides is 2. The van der Waals surface area contributed by atoms with Crippen LogP contribution in [-0.2, 0) is 17.6 Å². The second-order valence-corrected chi connectivity index (χ2v) is 10.0. The lowest BCUT2D eigenvalue weighted by Crippen LogP contribution is -2.50. The molecule has 3 aliphatic rings. The standard InChI is InChI=1S/C23H35N3O2S/c1-2-9-24-12-14-26(15-13-24)22(27)18-7-8-20-19(16-18)17-21(29-20)23(28)25-10-5-3-4-6-11-25/h17-18H,2-16H2,1H3/t18-/m1/s1. The number of hydrogen-bond donors (Lipinski definition) is 0. The van der Waals surface area contributed by atoms with E-state index >= 15 is 0 Å². The fourth-order valence-corrected chi connectivity index (χ4v) is 6.21. The molecule has 29 heavy (non-hydrogen) atoms. The summed E-state index contributed by atoms with van der Waals surface area (Å²) in [6.07, 6.45) is 8.59. The molecule has 0 spiro atoms. The Kier molecular flexibility index (Phi) is 6.91. The molecule has 3 heterocycles. The predicted octanol–water partition coefficient (Wildman–Crippen LogP) is 3.42. The number of carbonyl (C=O) groups is 2. The van der Waals surface area contributed by atoms with Crippen molar-refractivity contribution in [2.24, 2.45) is 5.92 Å². The van der Waals surface area contributed by atoms with Crippen LogP contribution in [0.5, 0.6) is 0 Å². The molecule has 0 N–H and O–H groups in total. The van der Waals surface area contributed by atoms with Crippen LogP contribution in [0.4, 0.5) is 0 Å². The maximum Gasteiger partial charge on any atom is 0.263 e. The topological polar surface area (TPSA) is 43.9 Å². The van der Waals surface area contributed by atoms with Crippen LogP contribution in [0.25, 0.3) is 0 Å². The Morgan fingerprint density at radius 3 is 2.41 bits per heavy atom. The second kappa shape index (κ2) is 9.61. The van der Waals surface area contributed by atoms with Gasteiger partial charge in [0, 0.05) is 50.1 Å². The Morgan fingerprint density at radius 2 is 1.72 bits per heavy atom. The van der Waals surface area contributed by atoms with E-state index in [4.69, 9.17) is 0 Å². The van der Waals surface area contributed by atoms with Gasteiger partial charge in [-0.1, -0.05) is 19.8 Å². The van der Waals surface area contributed by atoms with Gasteiger partial charge in [-0.25, -0.2) is 0 Å². The minimum atomic E-state index is 0.0935. The highest BCUT2D eigenvalue weighted by atomic mass is 32.1. The fourth-order valence-electron chi connectivity index (χ4n) is 5.04. The zero-order valence-corrected chi connectivity index (χ0v) is 18.6. The SMILES string of the molecule is CCCN1CCN(C(=O)[C@@H]2CCc3sc(C(=O)N4CCCCCC4)cc3C2)CC1. The highest BCUT2D eigenvalue weighted by Crippen LogP contribution is 2.34. The number of piperazine rings is 1. The van der Waals surface area contributed by atoms with Gasteiger partial charge in [0.1, 0.15) is 0 Å². The van der Waals surface area contributed by atoms with Crippen LogP contribution in [-0.4, -0.2) is 72.3 Å². The zero-order chi connectivity index (χ0) is 20.2. The summed E-state index contributed by atoms with van der Waals surface area (Å²) < 4.78 is 0. The van der Waals surface area contributed by atoms with Crippen molar-refractivity contribution in [2.75, 3.05) is 45.8 Å². The van der Waals surface area contributed by atoms with Gasteiger partial charge < -0.3 is 9.80 Å². The van der Waals surface area contributed by atoms with Crippen LogP contribution in [0.15, 0.2) is 6.07 Å². The normalized spacial score (nSPS) is 23.6. The van der Waals surface area contributed by atoms with Gasteiger partial charge in [0.15, 0.2) is 0 Å². The lowest BCUT2D eigenvalue weighted by molar-refractivity contribution is -0.137. The maximum absolute atomic E-state index is 13.1. The monoisotopic (exact) mass is 417 g/mol. The van der Waals surface area contributed by atoms with Crippen molar-refractivity contribution in [1.82, 2.24) is 14.7 Å². The van der Waals surface area contributed by atoms with Gasteiger partial charge >= 0.3 is 0 Å². The van der Waals surface area contributed by atoms with Crippen LogP contribution in [0.2, 0.25) is 0 Å². The van der Waals surface area contributed by atoms with Crippen LogP contribution in [0.3, 0.4) is 0 Å². The number of rotatable bonds is 4. The predicted molar refractivity (Wildman–Crippen MR) is 118 cm³/mol. The van der Waals surface area contributed by atoms with E-state index in [0.29, 0.717) is 5.91 Å². The van der Waals surface area contributed by atoms with Crippen LogP contribution >= 0.6 is 11.3 Å². The maximum atomic E-state index is 13.1. The summed E-state index contributed by atoms with van der Waals surface area (Å²) in [5.74, 6) is 0.635. The van der Waals surface area contributed by atoms with Crippen molar-refractivity contribution >= 4 is 23.2 Å². The van der Waals surface area contributed by atoms with Crippen molar-refractivity contribution in [3.63, 3.8) is 0 Å². The van der Waals surface area contributed by atoms with Crippen molar-refractivity contribution in [3.05, 3.63) is 21.4 Å². The lowest BCUT2D eigenvalue weighted by atomic mass is 9.87. The Bertz CT molecular complexity index is 716. The van der Waals surface area contributed by atoms with Crippen molar-refractivity contribution in [2.45, 2.75) is 58.3 Å². The summed E-state index contributed by atoms with van der Waals surface area (Å²) in [4.78, 5) is 34.9. The number of carbonyl (C=O) groups excluding carboxylic acids is 2. The highest BCUT2D eigenvalue weighted by molar-refractivity contribution is 7.14. The van der Waals surface area contributed by atoms with E-state index in [1.54, 1.807) is 11.3 Å². The molecule has 4 rings (SSSR count). The molecular weight excluding hydrogens is 382 g/mol. The first kappa shape index (κ1) is 20.9. The molecule has 2 fully saturated rings. The van der Waals surface area contributed by atoms with Gasteiger partial charge in [0.2, 0.25) is 5.91 Å². The van der Waals surface area contributed by atoms with E-state index in [-0.39, 0.29) is 11.8 Å². The van der Waals surface area contributed by atoms with Gasteiger partial charge in [-0.15, -0.1) is 11.3 Å². The molecule has 6 heteroatoms. The molecule has 5 nitrogen and oxygen atoms in total.